The minimum Gasteiger partial charge on any atom is -0.379 e. The molecule has 0 bridgehead atoms. The number of likely N-dealkylation sites (N-methyl/N-ethyl adjacent to an activating group) is 1. The first-order valence-electron chi connectivity index (χ1n) is 5.90. The van der Waals surface area contributed by atoms with Crippen LogP contribution in [-0.4, -0.2) is 32.8 Å². The molecule has 1 fully saturated rings. The zero-order valence-corrected chi connectivity index (χ0v) is 9.78. The standard InChI is InChI=1S/C13H20N2O/c1-14-13-10-16-9-12(13)8-15-7-11-5-3-2-4-6-11/h2-6,12-15H,7-10H2,1H3. The van der Waals surface area contributed by atoms with E-state index in [-0.39, 0.29) is 0 Å². The Hall–Kier alpha value is -0.900. The summed E-state index contributed by atoms with van der Waals surface area (Å²) in [5.74, 6) is 0.591. The Kier molecular flexibility index (Phi) is 4.34. The van der Waals surface area contributed by atoms with Gasteiger partial charge in [0, 0.05) is 25.0 Å². The summed E-state index contributed by atoms with van der Waals surface area (Å²) >= 11 is 0. The van der Waals surface area contributed by atoms with Gasteiger partial charge in [-0.1, -0.05) is 30.3 Å². The average Bonchev–Trinajstić information content (AvgIpc) is 2.78. The average molecular weight is 220 g/mol. The van der Waals surface area contributed by atoms with E-state index in [0.29, 0.717) is 12.0 Å². The van der Waals surface area contributed by atoms with Crippen molar-refractivity contribution in [1.29, 1.82) is 0 Å². The Bertz CT molecular complexity index is 302. The van der Waals surface area contributed by atoms with Crippen LogP contribution in [0.1, 0.15) is 5.56 Å². The molecule has 1 aliphatic rings. The van der Waals surface area contributed by atoms with Crippen LogP contribution in [-0.2, 0) is 11.3 Å². The number of nitrogens with one attached hydrogen (secondary N) is 2. The van der Waals surface area contributed by atoms with Gasteiger partial charge in [-0.3, -0.25) is 0 Å². The molecule has 1 saturated heterocycles. The molecule has 0 saturated carbocycles. The normalized spacial score (nSPS) is 24.8. The molecule has 1 heterocycles. The highest BCUT2D eigenvalue weighted by molar-refractivity contribution is 5.14. The summed E-state index contributed by atoms with van der Waals surface area (Å²) in [5.41, 5.74) is 1.34. The summed E-state index contributed by atoms with van der Waals surface area (Å²) in [6.45, 7) is 3.66. The van der Waals surface area contributed by atoms with E-state index in [1.165, 1.54) is 5.56 Å². The molecule has 2 atom stereocenters. The zero-order valence-electron chi connectivity index (χ0n) is 9.78. The third-order valence-electron chi connectivity index (χ3n) is 3.15. The maximum absolute atomic E-state index is 5.46. The lowest BCUT2D eigenvalue weighted by Crippen LogP contribution is -2.38. The Morgan fingerprint density at radius 3 is 2.81 bits per heavy atom. The molecule has 0 spiro atoms. The van der Waals surface area contributed by atoms with Crippen LogP contribution >= 0.6 is 0 Å². The Labute approximate surface area is 97.2 Å². The van der Waals surface area contributed by atoms with Crippen LogP contribution in [0.25, 0.3) is 0 Å². The van der Waals surface area contributed by atoms with Gasteiger partial charge in [-0.25, -0.2) is 0 Å². The molecule has 0 radical (unpaired) electrons. The summed E-state index contributed by atoms with van der Waals surface area (Å²) in [7, 11) is 2.00. The van der Waals surface area contributed by atoms with E-state index in [0.717, 1.165) is 26.3 Å². The predicted molar refractivity (Wildman–Crippen MR) is 65.3 cm³/mol. The monoisotopic (exact) mass is 220 g/mol. The number of rotatable bonds is 5. The van der Waals surface area contributed by atoms with Gasteiger partial charge < -0.3 is 15.4 Å². The minimum absolute atomic E-state index is 0.503. The van der Waals surface area contributed by atoms with Crippen LogP contribution in [0.5, 0.6) is 0 Å². The van der Waals surface area contributed by atoms with Crippen molar-refractivity contribution >= 4 is 0 Å². The lowest BCUT2D eigenvalue weighted by Gasteiger charge is -2.17. The highest BCUT2D eigenvalue weighted by Gasteiger charge is 2.25. The highest BCUT2D eigenvalue weighted by atomic mass is 16.5. The van der Waals surface area contributed by atoms with E-state index in [4.69, 9.17) is 4.74 Å². The molecule has 0 aliphatic carbocycles. The summed E-state index contributed by atoms with van der Waals surface area (Å²) in [6.07, 6.45) is 0. The van der Waals surface area contributed by atoms with Crippen LogP contribution in [0.3, 0.4) is 0 Å². The fraction of sp³-hybridized carbons (Fsp3) is 0.538. The van der Waals surface area contributed by atoms with Gasteiger partial charge >= 0.3 is 0 Å². The topological polar surface area (TPSA) is 33.3 Å². The van der Waals surface area contributed by atoms with E-state index in [2.05, 4.69) is 34.9 Å². The molecule has 16 heavy (non-hydrogen) atoms. The second kappa shape index (κ2) is 5.99. The number of benzene rings is 1. The number of ether oxygens (including phenoxy) is 1. The molecule has 1 aromatic carbocycles. The molecule has 2 unspecified atom stereocenters. The van der Waals surface area contributed by atoms with Crippen LogP contribution in [0.2, 0.25) is 0 Å². The third kappa shape index (κ3) is 3.04. The zero-order chi connectivity index (χ0) is 11.2. The van der Waals surface area contributed by atoms with E-state index < -0.39 is 0 Å². The van der Waals surface area contributed by atoms with Crippen LogP contribution in [0, 0.1) is 5.92 Å². The minimum atomic E-state index is 0.503. The maximum atomic E-state index is 5.46. The molecule has 88 valence electrons. The molecule has 1 aliphatic heterocycles. The van der Waals surface area contributed by atoms with Crippen molar-refractivity contribution in [2.45, 2.75) is 12.6 Å². The van der Waals surface area contributed by atoms with Crippen molar-refractivity contribution in [2.75, 3.05) is 26.8 Å². The molecular weight excluding hydrogens is 200 g/mol. The predicted octanol–water partition coefficient (Wildman–Crippen LogP) is 1.01. The molecule has 3 heteroatoms. The summed E-state index contributed by atoms with van der Waals surface area (Å²) < 4.78 is 5.46. The fourth-order valence-electron chi connectivity index (χ4n) is 2.12. The quantitative estimate of drug-likeness (QED) is 0.777. The largest absolute Gasteiger partial charge is 0.379 e. The van der Waals surface area contributed by atoms with Gasteiger partial charge in [-0.2, -0.15) is 0 Å². The van der Waals surface area contributed by atoms with Gasteiger partial charge in [0.25, 0.3) is 0 Å². The second-order valence-corrected chi connectivity index (χ2v) is 4.31. The molecule has 2 N–H and O–H groups in total. The van der Waals surface area contributed by atoms with Crippen molar-refractivity contribution in [3.63, 3.8) is 0 Å². The SMILES string of the molecule is CNC1COCC1CNCc1ccccc1. The smallest absolute Gasteiger partial charge is 0.0623 e. The van der Waals surface area contributed by atoms with E-state index in [1.807, 2.05) is 13.1 Å². The lowest BCUT2D eigenvalue weighted by atomic mass is 10.0. The van der Waals surface area contributed by atoms with Gasteiger partial charge in [-0.05, 0) is 12.6 Å². The highest BCUT2D eigenvalue weighted by Crippen LogP contribution is 2.12. The van der Waals surface area contributed by atoms with Gasteiger partial charge in [0.15, 0.2) is 0 Å². The van der Waals surface area contributed by atoms with Crippen LogP contribution in [0.4, 0.5) is 0 Å². The maximum Gasteiger partial charge on any atom is 0.0623 e. The van der Waals surface area contributed by atoms with E-state index in [9.17, 15) is 0 Å². The lowest BCUT2D eigenvalue weighted by molar-refractivity contribution is 0.182. The van der Waals surface area contributed by atoms with Gasteiger partial charge in [-0.15, -0.1) is 0 Å². The van der Waals surface area contributed by atoms with Gasteiger partial charge in [0.1, 0.15) is 0 Å². The Morgan fingerprint density at radius 1 is 1.25 bits per heavy atom. The molecule has 1 aromatic rings. The summed E-state index contributed by atoms with van der Waals surface area (Å²) in [5, 5.41) is 6.79. The summed E-state index contributed by atoms with van der Waals surface area (Å²) in [4.78, 5) is 0. The van der Waals surface area contributed by atoms with E-state index in [1.54, 1.807) is 0 Å². The molecular formula is C13H20N2O. The third-order valence-corrected chi connectivity index (χ3v) is 3.15. The first-order valence-corrected chi connectivity index (χ1v) is 5.90. The Balaban J connectivity index is 1.72. The first-order chi connectivity index (χ1) is 7.90. The number of hydrogen-bond acceptors (Lipinski definition) is 3. The fourth-order valence-corrected chi connectivity index (χ4v) is 2.12. The second-order valence-electron chi connectivity index (χ2n) is 4.31. The van der Waals surface area contributed by atoms with Crippen LogP contribution < -0.4 is 10.6 Å². The van der Waals surface area contributed by atoms with Gasteiger partial charge in [0.05, 0.1) is 13.2 Å². The van der Waals surface area contributed by atoms with Gasteiger partial charge in [0.2, 0.25) is 0 Å². The first kappa shape index (κ1) is 11.6. The molecule has 0 amide bonds. The van der Waals surface area contributed by atoms with Crippen molar-refractivity contribution in [2.24, 2.45) is 5.92 Å². The molecule has 3 nitrogen and oxygen atoms in total. The van der Waals surface area contributed by atoms with Crippen molar-refractivity contribution in [3.8, 4) is 0 Å². The summed E-state index contributed by atoms with van der Waals surface area (Å²) in [6, 6.07) is 11.0. The van der Waals surface area contributed by atoms with Crippen molar-refractivity contribution in [3.05, 3.63) is 35.9 Å². The van der Waals surface area contributed by atoms with Crippen molar-refractivity contribution in [1.82, 2.24) is 10.6 Å². The van der Waals surface area contributed by atoms with E-state index >= 15 is 0 Å². The van der Waals surface area contributed by atoms with Crippen molar-refractivity contribution < 1.29 is 4.74 Å². The molecule has 2 rings (SSSR count). The number of hydrogen-bond donors (Lipinski definition) is 2. The molecule has 0 aromatic heterocycles. The Morgan fingerprint density at radius 2 is 2.06 bits per heavy atom. The van der Waals surface area contributed by atoms with Crippen LogP contribution in [0.15, 0.2) is 30.3 Å².